The fraction of sp³-hybridized carbons (Fsp3) is 0.500. The van der Waals surface area contributed by atoms with E-state index in [4.69, 9.17) is 16.6 Å². The van der Waals surface area contributed by atoms with Crippen LogP contribution in [0, 0.1) is 0 Å². The smallest absolute Gasteiger partial charge is 0.129 e. The fourth-order valence-corrected chi connectivity index (χ4v) is 2.82. The monoisotopic (exact) mass is 304 g/mol. The Bertz CT molecular complexity index is 582. The topological polar surface area (TPSA) is 16.1 Å². The molecule has 1 aromatic carbocycles. The summed E-state index contributed by atoms with van der Waals surface area (Å²) in [6.45, 7) is 7.78. The molecular formula is C18H25ClN2. The molecule has 1 unspecified atom stereocenters. The molecule has 0 N–H and O–H groups in total. The van der Waals surface area contributed by atoms with Gasteiger partial charge in [0.2, 0.25) is 0 Å². The lowest BCUT2D eigenvalue weighted by molar-refractivity contribution is 0.590. The van der Waals surface area contributed by atoms with Gasteiger partial charge in [0, 0.05) is 23.9 Å². The van der Waals surface area contributed by atoms with Crippen molar-refractivity contribution in [3.05, 3.63) is 35.9 Å². The van der Waals surface area contributed by atoms with E-state index in [-0.39, 0.29) is 0 Å². The third-order valence-electron chi connectivity index (χ3n) is 4.10. The highest BCUT2D eigenvalue weighted by Gasteiger charge is 2.15. The third-order valence-corrected chi connectivity index (χ3v) is 4.39. The van der Waals surface area contributed by atoms with Crippen LogP contribution in [0.15, 0.2) is 30.3 Å². The minimum Gasteiger partial charge on any atom is -0.354 e. The zero-order valence-corrected chi connectivity index (χ0v) is 14.0. The molecule has 0 aliphatic rings. The number of fused-ring (bicyclic) bond motifs is 1. The lowest BCUT2D eigenvalue weighted by Gasteiger charge is -2.30. The summed E-state index contributed by atoms with van der Waals surface area (Å²) in [4.78, 5) is 7.30. The Kier molecular flexibility index (Phi) is 5.86. The van der Waals surface area contributed by atoms with Crippen molar-refractivity contribution in [2.24, 2.45) is 0 Å². The van der Waals surface area contributed by atoms with E-state index in [2.05, 4.69) is 43.9 Å². The standard InChI is InChI=1S/C18H25ClN2/c1-4-6-11-21(14(3)5-2)18-12-15(13-19)16-9-7-8-10-17(16)20-18/h7-10,12,14H,4-6,11,13H2,1-3H3. The summed E-state index contributed by atoms with van der Waals surface area (Å²) in [5.74, 6) is 1.59. The predicted molar refractivity (Wildman–Crippen MR) is 93.3 cm³/mol. The van der Waals surface area contributed by atoms with E-state index in [1.54, 1.807) is 0 Å². The summed E-state index contributed by atoms with van der Waals surface area (Å²) in [6, 6.07) is 10.9. The molecule has 0 saturated carbocycles. The number of benzene rings is 1. The van der Waals surface area contributed by atoms with Crippen molar-refractivity contribution in [3.63, 3.8) is 0 Å². The summed E-state index contributed by atoms with van der Waals surface area (Å²) in [5.41, 5.74) is 2.21. The summed E-state index contributed by atoms with van der Waals surface area (Å²) >= 11 is 6.15. The molecule has 0 saturated heterocycles. The van der Waals surface area contributed by atoms with Crippen molar-refractivity contribution in [3.8, 4) is 0 Å². The molecule has 0 radical (unpaired) electrons. The summed E-state index contributed by atoms with van der Waals surface area (Å²) < 4.78 is 0. The van der Waals surface area contributed by atoms with Crippen LogP contribution >= 0.6 is 11.6 Å². The third kappa shape index (κ3) is 3.68. The van der Waals surface area contributed by atoms with E-state index >= 15 is 0 Å². The van der Waals surface area contributed by atoms with Gasteiger partial charge < -0.3 is 4.90 Å². The Morgan fingerprint density at radius 1 is 1.24 bits per heavy atom. The molecule has 2 rings (SSSR count). The molecule has 0 aliphatic heterocycles. The van der Waals surface area contributed by atoms with Gasteiger partial charge in [-0.05, 0) is 37.5 Å². The molecule has 0 amide bonds. The van der Waals surface area contributed by atoms with Crippen LogP contribution in [0.25, 0.3) is 10.9 Å². The Morgan fingerprint density at radius 3 is 2.67 bits per heavy atom. The molecule has 21 heavy (non-hydrogen) atoms. The van der Waals surface area contributed by atoms with E-state index < -0.39 is 0 Å². The van der Waals surface area contributed by atoms with Gasteiger partial charge in [-0.3, -0.25) is 0 Å². The maximum atomic E-state index is 6.15. The van der Waals surface area contributed by atoms with Crippen LogP contribution in [-0.2, 0) is 5.88 Å². The first-order valence-corrected chi connectivity index (χ1v) is 8.46. The quantitative estimate of drug-likeness (QED) is 0.638. The van der Waals surface area contributed by atoms with Crippen molar-refractivity contribution in [2.45, 2.75) is 52.0 Å². The van der Waals surface area contributed by atoms with E-state index in [1.165, 1.54) is 18.4 Å². The molecule has 3 heteroatoms. The second kappa shape index (κ2) is 7.65. The Morgan fingerprint density at radius 2 is 2.00 bits per heavy atom. The summed E-state index contributed by atoms with van der Waals surface area (Å²) in [6.07, 6.45) is 3.51. The number of unbranched alkanes of at least 4 members (excludes halogenated alkanes) is 1. The highest BCUT2D eigenvalue weighted by Crippen LogP contribution is 2.26. The number of pyridine rings is 1. The highest BCUT2D eigenvalue weighted by atomic mass is 35.5. The van der Waals surface area contributed by atoms with Crippen LogP contribution < -0.4 is 4.90 Å². The SMILES string of the molecule is CCCCN(c1cc(CCl)c2ccccc2n1)C(C)CC. The van der Waals surface area contributed by atoms with Gasteiger partial charge in [0.25, 0.3) is 0 Å². The average molecular weight is 305 g/mol. The Labute approximate surface area is 133 Å². The first-order chi connectivity index (χ1) is 10.2. The molecule has 114 valence electrons. The van der Waals surface area contributed by atoms with Crippen LogP contribution in [-0.4, -0.2) is 17.6 Å². The van der Waals surface area contributed by atoms with Gasteiger partial charge >= 0.3 is 0 Å². The average Bonchev–Trinajstić information content (AvgIpc) is 2.54. The lowest BCUT2D eigenvalue weighted by atomic mass is 10.1. The molecular weight excluding hydrogens is 280 g/mol. The number of para-hydroxylation sites is 1. The van der Waals surface area contributed by atoms with E-state index in [1.807, 2.05) is 12.1 Å². The fourth-order valence-electron chi connectivity index (χ4n) is 2.60. The molecule has 0 bridgehead atoms. The molecule has 0 spiro atoms. The zero-order valence-electron chi connectivity index (χ0n) is 13.3. The molecule has 2 nitrogen and oxygen atoms in total. The second-order valence-electron chi connectivity index (χ2n) is 5.59. The minimum atomic E-state index is 0.494. The van der Waals surface area contributed by atoms with E-state index in [9.17, 15) is 0 Å². The van der Waals surface area contributed by atoms with Gasteiger partial charge in [-0.15, -0.1) is 11.6 Å². The largest absolute Gasteiger partial charge is 0.354 e. The van der Waals surface area contributed by atoms with Crippen molar-refractivity contribution in [1.82, 2.24) is 4.98 Å². The van der Waals surface area contributed by atoms with Crippen LogP contribution in [0.3, 0.4) is 0 Å². The normalized spacial score (nSPS) is 12.6. The number of aromatic nitrogens is 1. The number of hydrogen-bond donors (Lipinski definition) is 0. The second-order valence-corrected chi connectivity index (χ2v) is 5.86. The Balaban J connectivity index is 2.46. The number of nitrogens with zero attached hydrogens (tertiary/aromatic N) is 2. The number of alkyl halides is 1. The van der Waals surface area contributed by atoms with Gasteiger partial charge in [0.15, 0.2) is 0 Å². The van der Waals surface area contributed by atoms with Crippen LogP contribution in [0.5, 0.6) is 0 Å². The zero-order chi connectivity index (χ0) is 15.2. The van der Waals surface area contributed by atoms with Gasteiger partial charge in [-0.25, -0.2) is 4.98 Å². The maximum Gasteiger partial charge on any atom is 0.129 e. The van der Waals surface area contributed by atoms with E-state index in [0.29, 0.717) is 11.9 Å². The van der Waals surface area contributed by atoms with Gasteiger partial charge in [-0.2, -0.15) is 0 Å². The van der Waals surface area contributed by atoms with Crippen molar-refractivity contribution < 1.29 is 0 Å². The molecule has 0 aliphatic carbocycles. The lowest BCUT2D eigenvalue weighted by Crippen LogP contribution is -2.34. The van der Waals surface area contributed by atoms with Crippen LogP contribution in [0.4, 0.5) is 5.82 Å². The first kappa shape index (κ1) is 16.1. The molecule has 1 heterocycles. The van der Waals surface area contributed by atoms with Gasteiger partial charge in [0.1, 0.15) is 5.82 Å². The Hall–Kier alpha value is -1.28. The van der Waals surface area contributed by atoms with Gasteiger partial charge in [0.05, 0.1) is 5.52 Å². The van der Waals surface area contributed by atoms with Crippen molar-refractivity contribution in [2.75, 3.05) is 11.4 Å². The molecule has 1 aromatic heterocycles. The predicted octanol–water partition coefficient (Wildman–Crippen LogP) is 5.38. The number of rotatable bonds is 7. The molecule has 0 fully saturated rings. The highest BCUT2D eigenvalue weighted by molar-refractivity contribution is 6.18. The minimum absolute atomic E-state index is 0.494. The number of anilines is 1. The first-order valence-electron chi connectivity index (χ1n) is 7.92. The number of hydrogen-bond acceptors (Lipinski definition) is 2. The van der Waals surface area contributed by atoms with E-state index in [0.717, 1.165) is 29.7 Å². The molecule has 2 aromatic rings. The summed E-state index contributed by atoms with van der Waals surface area (Å²) in [5, 5.41) is 1.16. The molecule has 1 atom stereocenters. The van der Waals surface area contributed by atoms with Crippen molar-refractivity contribution in [1.29, 1.82) is 0 Å². The van der Waals surface area contributed by atoms with Crippen LogP contribution in [0.2, 0.25) is 0 Å². The van der Waals surface area contributed by atoms with Gasteiger partial charge in [-0.1, -0.05) is 38.5 Å². The van der Waals surface area contributed by atoms with Crippen LogP contribution in [0.1, 0.15) is 45.6 Å². The maximum absolute atomic E-state index is 6.15. The van der Waals surface area contributed by atoms with Crippen molar-refractivity contribution >= 4 is 28.3 Å². The number of halogens is 1. The summed E-state index contributed by atoms with van der Waals surface area (Å²) in [7, 11) is 0.